The number of hydrogen-bond donors (Lipinski definition) is 0. The van der Waals surface area contributed by atoms with Gasteiger partial charge in [-0.2, -0.15) is 0 Å². The van der Waals surface area contributed by atoms with E-state index in [1.165, 1.54) is 14.2 Å². The lowest BCUT2D eigenvalue weighted by molar-refractivity contribution is 0.266. The molecule has 1 unspecified atom stereocenters. The molecule has 0 aliphatic heterocycles. The summed E-state index contributed by atoms with van der Waals surface area (Å²) < 4.78 is 24.5. The molecule has 0 radical (unpaired) electrons. The standard InChI is InChI=1S/C22H24NO3P/c1-18-14-16-19(17-15-18)22(27(24,25-2)26-3)23(20-10-6-4-7-11-20)21-12-8-5-9-13-21/h4-17,22H,1-3H3. The summed E-state index contributed by atoms with van der Waals surface area (Å²) in [5.74, 6) is -0.627. The van der Waals surface area contributed by atoms with E-state index in [-0.39, 0.29) is 0 Å². The van der Waals surface area contributed by atoms with Crippen molar-refractivity contribution in [2.75, 3.05) is 19.1 Å². The highest BCUT2D eigenvalue weighted by atomic mass is 31.2. The largest absolute Gasteiger partial charge is 0.357 e. The molecule has 0 amide bonds. The summed E-state index contributed by atoms with van der Waals surface area (Å²) in [7, 11) is -0.629. The summed E-state index contributed by atoms with van der Waals surface area (Å²) in [5.41, 5.74) is 3.81. The molecule has 3 rings (SSSR count). The highest BCUT2D eigenvalue weighted by molar-refractivity contribution is 7.54. The first-order chi connectivity index (χ1) is 13.1. The van der Waals surface area contributed by atoms with E-state index in [2.05, 4.69) is 0 Å². The minimum Gasteiger partial charge on any atom is -0.323 e. The zero-order valence-corrected chi connectivity index (χ0v) is 16.7. The first-order valence-electron chi connectivity index (χ1n) is 8.76. The van der Waals surface area contributed by atoms with Crippen LogP contribution in [-0.2, 0) is 13.6 Å². The Bertz CT molecular complexity index is 850. The summed E-state index contributed by atoms with van der Waals surface area (Å²) in [6, 6.07) is 27.7. The molecular weight excluding hydrogens is 357 g/mol. The summed E-state index contributed by atoms with van der Waals surface area (Å²) in [4.78, 5) is 2.01. The van der Waals surface area contributed by atoms with E-state index < -0.39 is 13.4 Å². The van der Waals surface area contributed by atoms with Crippen LogP contribution in [0.5, 0.6) is 0 Å². The van der Waals surface area contributed by atoms with Gasteiger partial charge in [0.15, 0.2) is 5.78 Å². The molecular formula is C22H24NO3P. The van der Waals surface area contributed by atoms with Gasteiger partial charge in [0.05, 0.1) is 0 Å². The Balaban J connectivity index is 2.25. The summed E-state index contributed by atoms with van der Waals surface area (Å²) in [6.07, 6.45) is 0. The molecule has 1 atom stereocenters. The molecule has 0 fully saturated rings. The maximum Gasteiger partial charge on any atom is 0.357 e. The Kier molecular flexibility index (Phi) is 6.12. The van der Waals surface area contributed by atoms with Crippen molar-refractivity contribution >= 4 is 19.0 Å². The van der Waals surface area contributed by atoms with Crippen molar-refractivity contribution in [3.8, 4) is 0 Å². The van der Waals surface area contributed by atoms with Crippen LogP contribution in [0.1, 0.15) is 16.9 Å². The van der Waals surface area contributed by atoms with Gasteiger partial charge in [0.2, 0.25) is 0 Å². The number of para-hydroxylation sites is 2. The van der Waals surface area contributed by atoms with E-state index in [1.807, 2.05) is 96.8 Å². The lowest BCUT2D eigenvalue weighted by Gasteiger charge is -2.37. The molecule has 0 saturated heterocycles. The zero-order chi connectivity index (χ0) is 19.3. The fraction of sp³-hybridized carbons (Fsp3) is 0.182. The molecule has 27 heavy (non-hydrogen) atoms. The number of benzene rings is 3. The first kappa shape index (κ1) is 19.4. The van der Waals surface area contributed by atoms with Crippen LogP contribution in [0.2, 0.25) is 0 Å². The maximum absolute atomic E-state index is 13.6. The molecule has 5 heteroatoms. The van der Waals surface area contributed by atoms with E-state index in [4.69, 9.17) is 9.05 Å². The van der Waals surface area contributed by atoms with Gasteiger partial charge in [-0.15, -0.1) is 0 Å². The lowest BCUT2D eigenvalue weighted by atomic mass is 10.1. The number of hydrogen-bond acceptors (Lipinski definition) is 4. The van der Waals surface area contributed by atoms with Gasteiger partial charge < -0.3 is 13.9 Å². The second-order valence-electron chi connectivity index (χ2n) is 6.23. The van der Waals surface area contributed by atoms with Crippen LogP contribution in [0.4, 0.5) is 11.4 Å². The van der Waals surface area contributed by atoms with Gasteiger partial charge in [0, 0.05) is 25.6 Å². The summed E-state index contributed by atoms with van der Waals surface area (Å²) in [6.45, 7) is 2.02. The molecule has 140 valence electrons. The molecule has 0 aromatic heterocycles. The van der Waals surface area contributed by atoms with E-state index in [9.17, 15) is 4.57 Å². The normalized spacial score (nSPS) is 12.6. The Morgan fingerprint density at radius 2 is 1.19 bits per heavy atom. The fourth-order valence-corrected chi connectivity index (χ4v) is 4.73. The fourth-order valence-electron chi connectivity index (χ4n) is 3.09. The van der Waals surface area contributed by atoms with Crippen molar-refractivity contribution in [1.29, 1.82) is 0 Å². The monoisotopic (exact) mass is 381 g/mol. The Morgan fingerprint density at radius 3 is 1.59 bits per heavy atom. The Morgan fingerprint density at radius 1 is 0.741 bits per heavy atom. The second-order valence-corrected chi connectivity index (χ2v) is 8.53. The topological polar surface area (TPSA) is 38.8 Å². The van der Waals surface area contributed by atoms with Crippen molar-refractivity contribution < 1.29 is 13.6 Å². The number of rotatable bonds is 7. The molecule has 4 nitrogen and oxygen atoms in total. The predicted molar refractivity (Wildman–Crippen MR) is 111 cm³/mol. The van der Waals surface area contributed by atoms with E-state index in [0.29, 0.717) is 0 Å². The average Bonchev–Trinajstić information content (AvgIpc) is 2.73. The van der Waals surface area contributed by atoms with Crippen LogP contribution in [0, 0.1) is 6.92 Å². The van der Waals surface area contributed by atoms with Crippen molar-refractivity contribution in [2.24, 2.45) is 0 Å². The van der Waals surface area contributed by atoms with Gasteiger partial charge >= 0.3 is 7.60 Å². The van der Waals surface area contributed by atoms with Crippen LogP contribution in [0.3, 0.4) is 0 Å². The average molecular weight is 381 g/mol. The maximum atomic E-state index is 13.6. The smallest absolute Gasteiger partial charge is 0.323 e. The molecule has 3 aromatic carbocycles. The van der Waals surface area contributed by atoms with E-state index in [0.717, 1.165) is 22.5 Å². The highest BCUT2D eigenvalue weighted by Crippen LogP contribution is 2.63. The van der Waals surface area contributed by atoms with Crippen LogP contribution < -0.4 is 4.90 Å². The molecule has 0 aliphatic carbocycles. The Hall–Kier alpha value is -2.39. The predicted octanol–water partition coefficient (Wildman–Crippen LogP) is 6.32. The van der Waals surface area contributed by atoms with Gasteiger partial charge in [0.25, 0.3) is 0 Å². The van der Waals surface area contributed by atoms with Gasteiger partial charge in [0.1, 0.15) is 0 Å². The van der Waals surface area contributed by atoms with E-state index in [1.54, 1.807) is 0 Å². The van der Waals surface area contributed by atoms with Crippen molar-refractivity contribution in [3.63, 3.8) is 0 Å². The summed E-state index contributed by atoms with van der Waals surface area (Å²) in [5, 5.41) is 0. The molecule has 0 N–H and O–H groups in total. The molecule has 0 saturated carbocycles. The van der Waals surface area contributed by atoms with Crippen molar-refractivity contribution in [1.82, 2.24) is 0 Å². The van der Waals surface area contributed by atoms with Gasteiger partial charge in [-0.05, 0) is 36.8 Å². The highest BCUT2D eigenvalue weighted by Gasteiger charge is 2.41. The quantitative estimate of drug-likeness (QED) is 0.449. The number of anilines is 2. The third-order valence-corrected chi connectivity index (χ3v) is 6.64. The molecule has 0 bridgehead atoms. The molecule has 3 aromatic rings. The minimum absolute atomic E-state index is 0.627. The zero-order valence-electron chi connectivity index (χ0n) is 15.8. The van der Waals surface area contributed by atoms with Crippen LogP contribution >= 0.6 is 7.60 Å². The van der Waals surface area contributed by atoms with Gasteiger partial charge in [-0.3, -0.25) is 4.57 Å². The number of aryl methyl sites for hydroxylation is 1. The van der Waals surface area contributed by atoms with Crippen LogP contribution in [-0.4, -0.2) is 14.2 Å². The minimum atomic E-state index is -3.49. The summed E-state index contributed by atoms with van der Waals surface area (Å²) >= 11 is 0. The molecule has 0 aliphatic rings. The lowest BCUT2D eigenvalue weighted by Crippen LogP contribution is -2.25. The third-order valence-electron chi connectivity index (χ3n) is 4.50. The van der Waals surface area contributed by atoms with Gasteiger partial charge in [-0.1, -0.05) is 66.2 Å². The second kappa shape index (κ2) is 8.53. The first-order valence-corrected chi connectivity index (χ1v) is 10.4. The van der Waals surface area contributed by atoms with Crippen molar-refractivity contribution in [2.45, 2.75) is 12.7 Å². The molecule has 0 spiro atoms. The van der Waals surface area contributed by atoms with Crippen LogP contribution in [0.25, 0.3) is 0 Å². The van der Waals surface area contributed by atoms with E-state index >= 15 is 0 Å². The van der Waals surface area contributed by atoms with Crippen molar-refractivity contribution in [3.05, 3.63) is 96.1 Å². The molecule has 0 heterocycles. The Labute approximate surface area is 160 Å². The third kappa shape index (κ3) is 4.14. The number of nitrogens with zero attached hydrogens (tertiary/aromatic N) is 1. The van der Waals surface area contributed by atoms with Gasteiger partial charge in [-0.25, -0.2) is 0 Å². The van der Waals surface area contributed by atoms with Crippen LogP contribution in [0.15, 0.2) is 84.9 Å². The SMILES string of the molecule is COP(=O)(OC)C(c1ccc(C)cc1)N(c1ccccc1)c1ccccc1.